The van der Waals surface area contributed by atoms with Crippen LogP contribution in [0.15, 0.2) is 24.3 Å². The van der Waals surface area contributed by atoms with Crippen LogP contribution in [0.1, 0.15) is 31.1 Å². The minimum absolute atomic E-state index is 0.182. The molecule has 0 radical (unpaired) electrons. The van der Waals surface area contributed by atoms with Crippen LogP contribution in [0.3, 0.4) is 0 Å². The van der Waals surface area contributed by atoms with Gasteiger partial charge < -0.3 is 15.4 Å². The van der Waals surface area contributed by atoms with Crippen LogP contribution >= 0.6 is 0 Å². The Balaban J connectivity index is 2.63. The normalized spacial score (nSPS) is 11.3. The summed E-state index contributed by atoms with van der Waals surface area (Å²) in [5.41, 5.74) is 1.00. The van der Waals surface area contributed by atoms with Gasteiger partial charge in [0.1, 0.15) is 6.04 Å². The van der Waals surface area contributed by atoms with Crippen molar-refractivity contribution in [2.45, 2.75) is 26.8 Å². The Morgan fingerprint density at radius 1 is 1.20 bits per heavy atom. The average molecular weight is 278 g/mol. The second-order valence-electron chi connectivity index (χ2n) is 4.21. The van der Waals surface area contributed by atoms with Gasteiger partial charge in [0.15, 0.2) is 0 Å². The number of anilines is 1. The number of esters is 1. The summed E-state index contributed by atoms with van der Waals surface area (Å²) in [7, 11) is 0. The Hall–Kier alpha value is -2.37. The van der Waals surface area contributed by atoms with Crippen LogP contribution in [0.2, 0.25) is 0 Å². The number of hydrogen-bond acceptors (Lipinski definition) is 4. The molecule has 1 unspecified atom stereocenters. The van der Waals surface area contributed by atoms with Gasteiger partial charge >= 0.3 is 5.97 Å². The summed E-state index contributed by atoms with van der Waals surface area (Å²) >= 11 is 0. The van der Waals surface area contributed by atoms with Crippen LogP contribution in [0.5, 0.6) is 0 Å². The first-order valence-corrected chi connectivity index (χ1v) is 6.29. The fourth-order valence-corrected chi connectivity index (χ4v) is 1.51. The molecular weight excluding hydrogens is 260 g/mol. The quantitative estimate of drug-likeness (QED) is 0.796. The average Bonchev–Trinajstić information content (AvgIpc) is 2.39. The van der Waals surface area contributed by atoms with E-state index in [1.165, 1.54) is 6.92 Å². The van der Waals surface area contributed by atoms with Crippen molar-refractivity contribution in [3.05, 3.63) is 29.8 Å². The molecule has 0 spiro atoms. The summed E-state index contributed by atoms with van der Waals surface area (Å²) in [6, 6.07) is 5.66. The molecule has 2 amide bonds. The van der Waals surface area contributed by atoms with E-state index in [1.54, 1.807) is 38.1 Å². The molecule has 0 aromatic heterocycles. The van der Waals surface area contributed by atoms with Gasteiger partial charge in [-0.3, -0.25) is 9.59 Å². The first-order chi connectivity index (χ1) is 9.43. The molecule has 0 aliphatic rings. The van der Waals surface area contributed by atoms with Gasteiger partial charge in [0, 0.05) is 18.2 Å². The first kappa shape index (κ1) is 15.7. The van der Waals surface area contributed by atoms with Gasteiger partial charge in [-0.25, -0.2) is 4.79 Å². The number of ether oxygens (including phenoxy) is 1. The second-order valence-corrected chi connectivity index (χ2v) is 4.21. The molecule has 20 heavy (non-hydrogen) atoms. The zero-order chi connectivity index (χ0) is 15.1. The van der Waals surface area contributed by atoms with E-state index in [1.807, 2.05) is 0 Å². The fourth-order valence-electron chi connectivity index (χ4n) is 1.51. The number of rotatable bonds is 5. The summed E-state index contributed by atoms with van der Waals surface area (Å²) in [5, 5.41) is 5.14. The van der Waals surface area contributed by atoms with E-state index >= 15 is 0 Å². The third-order valence-electron chi connectivity index (χ3n) is 2.46. The van der Waals surface area contributed by atoms with E-state index in [-0.39, 0.29) is 18.4 Å². The van der Waals surface area contributed by atoms with Gasteiger partial charge in [-0.05, 0) is 38.1 Å². The van der Waals surface area contributed by atoms with Crippen LogP contribution < -0.4 is 10.6 Å². The summed E-state index contributed by atoms with van der Waals surface area (Å²) in [6.07, 6.45) is 0. The lowest BCUT2D eigenvalue weighted by molar-refractivity contribution is -0.144. The molecule has 0 aliphatic carbocycles. The molecule has 6 heteroatoms. The molecule has 108 valence electrons. The van der Waals surface area contributed by atoms with Crippen molar-refractivity contribution >= 4 is 23.5 Å². The lowest BCUT2D eigenvalue weighted by atomic mass is 10.2. The summed E-state index contributed by atoms with van der Waals surface area (Å²) < 4.78 is 4.80. The van der Waals surface area contributed by atoms with Crippen molar-refractivity contribution in [2.24, 2.45) is 0 Å². The highest BCUT2D eigenvalue weighted by molar-refractivity contribution is 5.97. The molecule has 0 heterocycles. The number of carbonyl (C=O) groups excluding carboxylic acids is 3. The standard InChI is InChI=1S/C14H18N2O4/c1-4-20-14(19)9(2)15-13(18)11-5-7-12(8-6-11)16-10(3)17/h5-9H,4H2,1-3H3,(H,15,18)(H,16,17). The predicted molar refractivity (Wildman–Crippen MR) is 74.3 cm³/mol. The molecule has 1 rings (SSSR count). The van der Waals surface area contributed by atoms with E-state index in [4.69, 9.17) is 4.74 Å². The summed E-state index contributed by atoms with van der Waals surface area (Å²) in [5.74, 6) is -1.03. The maximum absolute atomic E-state index is 11.9. The second kappa shape index (κ2) is 7.28. The van der Waals surface area contributed by atoms with Crippen molar-refractivity contribution in [1.82, 2.24) is 5.32 Å². The largest absolute Gasteiger partial charge is 0.464 e. The van der Waals surface area contributed by atoms with E-state index in [9.17, 15) is 14.4 Å². The van der Waals surface area contributed by atoms with Crippen LogP contribution in [0, 0.1) is 0 Å². The summed E-state index contributed by atoms with van der Waals surface area (Å²) in [6.45, 7) is 4.93. The molecule has 0 aliphatic heterocycles. The molecule has 0 saturated carbocycles. The number of hydrogen-bond donors (Lipinski definition) is 2. The van der Waals surface area contributed by atoms with E-state index in [0.717, 1.165) is 0 Å². The molecule has 1 atom stereocenters. The Morgan fingerprint density at radius 3 is 2.30 bits per heavy atom. The third-order valence-corrected chi connectivity index (χ3v) is 2.46. The predicted octanol–water partition coefficient (Wildman–Crippen LogP) is 1.33. The van der Waals surface area contributed by atoms with Gasteiger partial charge in [0.2, 0.25) is 5.91 Å². The Morgan fingerprint density at radius 2 is 1.80 bits per heavy atom. The Bertz CT molecular complexity index is 496. The third kappa shape index (κ3) is 4.72. The lowest BCUT2D eigenvalue weighted by Gasteiger charge is -2.12. The molecule has 6 nitrogen and oxygen atoms in total. The van der Waals surface area contributed by atoms with Crippen molar-refractivity contribution in [3.8, 4) is 0 Å². The maximum atomic E-state index is 11.9. The number of carbonyl (C=O) groups is 3. The fraction of sp³-hybridized carbons (Fsp3) is 0.357. The zero-order valence-electron chi connectivity index (χ0n) is 11.7. The van der Waals surface area contributed by atoms with Gasteiger partial charge in [-0.15, -0.1) is 0 Å². The highest BCUT2D eigenvalue weighted by Gasteiger charge is 2.17. The van der Waals surface area contributed by atoms with E-state index in [0.29, 0.717) is 11.3 Å². The molecule has 0 saturated heterocycles. The number of benzene rings is 1. The van der Waals surface area contributed by atoms with Crippen molar-refractivity contribution in [3.63, 3.8) is 0 Å². The number of nitrogens with one attached hydrogen (secondary N) is 2. The van der Waals surface area contributed by atoms with Gasteiger partial charge in [0.05, 0.1) is 6.61 Å². The number of amides is 2. The van der Waals surface area contributed by atoms with Crippen LogP contribution in [0.25, 0.3) is 0 Å². The van der Waals surface area contributed by atoms with Crippen LogP contribution in [-0.2, 0) is 14.3 Å². The van der Waals surface area contributed by atoms with E-state index < -0.39 is 12.0 Å². The molecular formula is C14H18N2O4. The minimum Gasteiger partial charge on any atom is -0.464 e. The maximum Gasteiger partial charge on any atom is 0.328 e. The monoisotopic (exact) mass is 278 g/mol. The van der Waals surface area contributed by atoms with Crippen molar-refractivity contribution in [1.29, 1.82) is 0 Å². The van der Waals surface area contributed by atoms with Crippen molar-refractivity contribution < 1.29 is 19.1 Å². The van der Waals surface area contributed by atoms with Gasteiger partial charge in [-0.1, -0.05) is 0 Å². The lowest BCUT2D eigenvalue weighted by Crippen LogP contribution is -2.39. The first-order valence-electron chi connectivity index (χ1n) is 6.29. The van der Waals surface area contributed by atoms with Crippen LogP contribution in [0.4, 0.5) is 5.69 Å². The SMILES string of the molecule is CCOC(=O)C(C)NC(=O)c1ccc(NC(C)=O)cc1. The minimum atomic E-state index is -0.711. The zero-order valence-corrected chi connectivity index (χ0v) is 11.7. The molecule has 0 fully saturated rings. The van der Waals surface area contributed by atoms with Gasteiger partial charge in [-0.2, -0.15) is 0 Å². The molecule has 0 bridgehead atoms. The highest BCUT2D eigenvalue weighted by atomic mass is 16.5. The van der Waals surface area contributed by atoms with E-state index in [2.05, 4.69) is 10.6 Å². The smallest absolute Gasteiger partial charge is 0.328 e. The molecule has 1 aromatic carbocycles. The summed E-state index contributed by atoms with van der Waals surface area (Å²) in [4.78, 5) is 34.2. The van der Waals surface area contributed by atoms with Crippen LogP contribution in [-0.4, -0.2) is 30.4 Å². The molecule has 1 aromatic rings. The van der Waals surface area contributed by atoms with Gasteiger partial charge in [0.25, 0.3) is 5.91 Å². The highest BCUT2D eigenvalue weighted by Crippen LogP contribution is 2.09. The Kier molecular flexibility index (Phi) is 5.71. The Labute approximate surface area is 117 Å². The molecule has 2 N–H and O–H groups in total. The topological polar surface area (TPSA) is 84.5 Å². The van der Waals surface area contributed by atoms with Crippen molar-refractivity contribution in [2.75, 3.05) is 11.9 Å².